The van der Waals surface area contributed by atoms with Gasteiger partial charge in [-0.15, -0.1) is 0 Å². The molecule has 0 heterocycles. The smallest absolute Gasteiger partial charge is 0.207 e. The summed E-state index contributed by atoms with van der Waals surface area (Å²) in [4.78, 5) is 10.0. The quantitative estimate of drug-likeness (QED) is 0.645. The van der Waals surface area contributed by atoms with E-state index in [-0.39, 0.29) is 5.60 Å². The fraction of sp³-hybridized carbons (Fsp3) is 0.889. The van der Waals surface area contributed by atoms with Crippen LogP contribution in [0.25, 0.3) is 0 Å². The summed E-state index contributed by atoms with van der Waals surface area (Å²) in [6.45, 7) is 6.15. The third kappa shape index (κ3) is 2.81. The lowest BCUT2D eigenvalue weighted by Gasteiger charge is -2.38. The van der Waals surface area contributed by atoms with Gasteiger partial charge in [-0.05, 0) is 33.6 Å². The first kappa shape index (κ1) is 9.52. The molecule has 1 aliphatic carbocycles. The molecule has 1 amide bonds. The molecule has 3 heteroatoms. The van der Waals surface area contributed by atoms with Gasteiger partial charge >= 0.3 is 0 Å². The lowest BCUT2D eigenvalue weighted by atomic mass is 9.89. The SMILES string of the molecule is CC(C)(C)OC1CC(NC=O)C1. The van der Waals surface area contributed by atoms with E-state index in [1.807, 2.05) is 20.8 Å². The molecule has 1 N–H and O–H groups in total. The Labute approximate surface area is 73.5 Å². The van der Waals surface area contributed by atoms with E-state index in [0.717, 1.165) is 19.3 Å². The highest BCUT2D eigenvalue weighted by atomic mass is 16.5. The van der Waals surface area contributed by atoms with Crippen molar-refractivity contribution in [2.45, 2.75) is 51.4 Å². The fourth-order valence-corrected chi connectivity index (χ4v) is 1.39. The molecule has 1 fully saturated rings. The zero-order valence-corrected chi connectivity index (χ0v) is 7.96. The van der Waals surface area contributed by atoms with E-state index in [9.17, 15) is 4.79 Å². The minimum absolute atomic E-state index is 0.0587. The normalized spacial score (nSPS) is 29.2. The van der Waals surface area contributed by atoms with Crippen LogP contribution in [0, 0.1) is 0 Å². The van der Waals surface area contributed by atoms with Crippen LogP contribution >= 0.6 is 0 Å². The molecule has 0 radical (unpaired) electrons. The number of carbonyl (C=O) groups is 1. The van der Waals surface area contributed by atoms with Crippen LogP contribution in [0.4, 0.5) is 0 Å². The molecule has 3 nitrogen and oxygen atoms in total. The predicted octanol–water partition coefficient (Wildman–Crippen LogP) is 1.08. The van der Waals surface area contributed by atoms with Crippen LogP contribution < -0.4 is 5.32 Å². The van der Waals surface area contributed by atoms with E-state index >= 15 is 0 Å². The highest BCUT2D eigenvalue weighted by Crippen LogP contribution is 2.27. The number of nitrogens with one attached hydrogen (secondary N) is 1. The number of carbonyl (C=O) groups excluding carboxylic acids is 1. The molecule has 0 spiro atoms. The van der Waals surface area contributed by atoms with Crippen molar-refractivity contribution in [2.24, 2.45) is 0 Å². The van der Waals surface area contributed by atoms with Gasteiger partial charge in [-0.3, -0.25) is 4.79 Å². The average molecular weight is 171 g/mol. The third-order valence-electron chi connectivity index (χ3n) is 1.92. The van der Waals surface area contributed by atoms with Gasteiger partial charge in [0.15, 0.2) is 0 Å². The molecule has 1 rings (SSSR count). The molecule has 0 aromatic carbocycles. The second-order valence-electron chi connectivity index (χ2n) is 4.31. The minimum Gasteiger partial charge on any atom is -0.372 e. The van der Waals surface area contributed by atoms with Crippen LogP contribution in [0.2, 0.25) is 0 Å². The van der Waals surface area contributed by atoms with Crippen molar-refractivity contribution in [2.75, 3.05) is 0 Å². The molecule has 0 saturated heterocycles. The lowest BCUT2D eigenvalue weighted by molar-refractivity contribution is -0.117. The van der Waals surface area contributed by atoms with Gasteiger partial charge in [0.25, 0.3) is 0 Å². The predicted molar refractivity (Wildman–Crippen MR) is 46.8 cm³/mol. The second-order valence-corrected chi connectivity index (χ2v) is 4.31. The van der Waals surface area contributed by atoms with Crippen molar-refractivity contribution in [3.63, 3.8) is 0 Å². The molecular formula is C9H17NO2. The van der Waals surface area contributed by atoms with Gasteiger partial charge in [-0.1, -0.05) is 0 Å². The molecule has 0 atom stereocenters. The Morgan fingerprint density at radius 2 is 2.00 bits per heavy atom. The molecule has 0 unspecified atom stereocenters. The standard InChI is InChI=1S/C9H17NO2/c1-9(2,3)12-8-4-7(5-8)10-6-11/h6-8H,4-5H2,1-3H3,(H,10,11). The lowest BCUT2D eigenvalue weighted by Crippen LogP contribution is -2.47. The molecule has 0 aromatic heterocycles. The van der Waals surface area contributed by atoms with Gasteiger partial charge in [0.1, 0.15) is 0 Å². The summed E-state index contributed by atoms with van der Waals surface area (Å²) in [7, 11) is 0. The van der Waals surface area contributed by atoms with E-state index in [2.05, 4.69) is 5.32 Å². The largest absolute Gasteiger partial charge is 0.372 e. The van der Waals surface area contributed by atoms with Crippen molar-refractivity contribution < 1.29 is 9.53 Å². The van der Waals surface area contributed by atoms with Crippen molar-refractivity contribution in [3.8, 4) is 0 Å². The Bertz CT molecular complexity index is 156. The summed E-state index contributed by atoms with van der Waals surface area (Å²) in [5, 5.41) is 2.74. The number of amides is 1. The van der Waals surface area contributed by atoms with Gasteiger partial charge in [-0.25, -0.2) is 0 Å². The zero-order chi connectivity index (χ0) is 9.19. The first-order valence-electron chi connectivity index (χ1n) is 4.39. The number of ether oxygens (including phenoxy) is 1. The maximum atomic E-state index is 10.0. The molecule has 12 heavy (non-hydrogen) atoms. The van der Waals surface area contributed by atoms with Gasteiger partial charge in [-0.2, -0.15) is 0 Å². The maximum absolute atomic E-state index is 10.0. The fourth-order valence-electron chi connectivity index (χ4n) is 1.39. The number of rotatable bonds is 3. The van der Waals surface area contributed by atoms with E-state index in [1.165, 1.54) is 0 Å². The monoisotopic (exact) mass is 171 g/mol. The third-order valence-corrected chi connectivity index (χ3v) is 1.92. The van der Waals surface area contributed by atoms with Crippen LogP contribution in [-0.2, 0) is 9.53 Å². The van der Waals surface area contributed by atoms with E-state index in [4.69, 9.17) is 4.74 Å². The molecular weight excluding hydrogens is 154 g/mol. The van der Waals surface area contributed by atoms with Crippen LogP contribution in [-0.4, -0.2) is 24.2 Å². The van der Waals surface area contributed by atoms with Crippen molar-refractivity contribution in [3.05, 3.63) is 0 Å². The summed E-state index contributed by atoms with van der Waals surface area (Å²) in [5.41, 5.74) is -0.0587. The summed E-state index contributed by atoms with van der Waals surface area (Å²) in [6, 6.07) is 0.342. The maximum Gasteiger partial charge on any atom is 0.207 e. The summed E-state index contributed by atoms with van der Waals surface area (Å²) >= 11 is 0. The molecule has 70 valence electrons. The van der Waals surface area contributed by atoms with Gasteiger partial charge < -0.3 is 10.1 Å². The Balaban J connectivity index is 2.13. The topological polar surface area (TPSA) is 38.3 Å². The first-order chi connectivity index (χ1) is 5.51. The summed E-state index contributed by atoms with van der Waals surface area (Å²) in [6.07, 6.45) is 3.01. The zero-order valence-electron chi connectivity index (χ0n) is 7.96. The summed E-state index contributed by atoms with van der Waals surface area (Å²) < 4.78 is 5.69. The van der Waals surface area contributed by atoms with Crippen LogP contribution in [0.1, 0.15) is 33.6 Å². The summed E-state index contributed by atoms with van der Waals surface area (Å²) in [5.74, 6) is 0. The highest BCUT2D eigenvalue weighted by Gasteiger charge is 2.32. The van der Waals surface area contributed by atoms with E-state index in [0.29, 0.717) is 12.1 Å². The van der Waals surface area contributed by atoms with E-state index < -0.39 is 0 Å². The Kier molecular flexibility index (Phi) is 2.73. The first-order valence-corrected chi connectivity index (χ1v) is 4.39. The highest BCUT2D eigenvalue weighted by molar-refractivity contribution is 5.47. The molecule has 0 aromatic rings. The van der Waals surface area contributed by atoms with Gasteiger partial charge in [0, 0.05) is 6.04 Å². The number of hydrogen-bond acceptors (Lipinski definition) is 2. The Morgan fingerprint density at radius 1 is 1.42 bits per heavy atom. The second kappa shape index (κ2) is 3.44. The Morgan fingerprint density at radius 3 is 2.42 bits per heavy atom. The van der Waals surface area contributed by atoms with Gasteiger partial charge in [0.2, 0.25) is 6.41 Å². The molecule has 0 aliphatic heterocycles. The van der Waals surface area contributed by atoms with Crippen LogP contribution in [0.15, 0.2) is 0 Å². The van der Waals surface area contributed by atoms with E-state index in [1.54, 1.807) is 0 Å². The van der Waals surface area contributed by atoms with Crippen molar-refractivity contribution in [1.29, 1.82) is 0 Å². The average Bonchev–Trinajstić information content (AvgIpc) is 1.80. The molecule has 1 saturated carbocycles. The minimum atomic E-state index is -0.0587. The van der Waals surface area contributed by atoms with Crippen molar-refractivity contribution >= 4 is 6.41 Å². The molecule has 1 aliphatic rings. The molecule has 0 bridgehead atoms. The van der Waals surface area contributed by atoms with Gasteiger partial charge in [0.05, 0.1) is 11.7 Å². The van der Waals surface area contributed by atoms with Crippen LogP contribution in [0.5, 0.6) is 0 Å². The van der Waals surface area contributed by atoms with Crippen molar-refractivity contribution in [1.82, 2.24) is 5.32 Å². The number of hydrogen-bond donors (Lipinski definition) is 1. The Hall–Kier alpha value is -0.570. The van der Waals surface area contributed by atoms with Crippen LogP contribution in [0.3, 0.4) is 0 Å².